The van der Waals surface area contributed by atoms with E-state index in [9.17, 15) is 4.21 Å². The van der Waals surface area contributed by atoms with Crippen molar-refractivity contribution >= 4 is 10.8 Å². The second-order valence-corrected chi connectivity index (χ2v) is 2.22. The van der Waals surface area contributed by atoms with Crippen LogP contribution in [-0.2, 0) is 10.8 Å². The quantitative estimate of drug-likeness (QED) is 0.374. The molecule has 0 N–H and O–H groups in total. The van der Waals surface area contributed by atoms with Gasteiger partial charge in [0.15, 0.2) is 0 Å². The van der Waals surface area contributed by atoms with E-state index in [1.54, 1.807) is 12.5 Å². The molecule has 0 aromatic heterocycles. The molecule has 0 aromatic rings. The largest absolute Gasteiger partial charge is 0.260 e. The lowest BCUT2D eigenvalue weighted by Gasteiger charge is -1.60. The third kappa shape index (κ3) is 126. The van der Waals surface area contributed by atoms with Crippen molar-refractivity contribution in [2.75, 3.05) is 12.5 Å². The van der Waals surface area contributed by atoms with E-state index in [4.69, 9.17) is 0 Å². The third-order valence-electron chi connectivity index (χ3n) is 0. The van der Waals surface area contributed by atoms with Gasteiger partial charge in [-0.25, -0.2) is 0 Å². The Hall–Kier alpha value is 0.150. The topological polar surface area (TPSA) is 17.1 Å². The molecule has 0 spiro atoms. The summed E-state index contributed by atoms with van der Waals surface area (Å²) >= 11 is 0. The molecule has 0 saturated heterocycles. The van der Waals surface area contributed by atoms with Gasteiger partial charge in [-0.2, -0.15) is 0 Å². The van der Waals surface area contributed by atoms with Crippen LogP contribution in [0.15, 0.2) is 0 Å². The number of rotatable bonds is 0. The molecule has 0 rings (SSSR count). The average Bonchev–Trinajstić information content (AvgIpc) is 0.811. The molecule has 0 bridgehead atoms. The lowest BCUT2D eigenvalue weighted by molar-refractivity contribution is 0.690. The minimum Gasteiger partial charge on any atom is -0.260 e. The first kappa shape index (κ1) is 4.15. The van der Waals surface area contributed by atoms with Gasteiger partial charge in [-0.1, -0.05) is 0 Å². The van der Waals surface area contributed by atoms with Crippen LogP contribution in [0.5, 0.6) is 0 Å². The Morgan fingerprint density at radius 3 is 1.50 bits per heavy atom. The zero-order chi connectivity index (χ0) is 3.58. The van der Waals surface area contributed by atoms with Gasteiger partial charge in [-0.3, -0.25) is 4.21 Å². The Balaban J connectivity index is 2.80. The van der Waals surface area contributed by atoms with Gasteiger partial charge in [0, 0.05) is 23.3 Å². The molecular formula is C2H6OS. The molecule has 0 fully saturated rings. The van der Waals surface area contributed by atoms with Crippen LogP contribution >= 0.6 is 0 Å². The predicted molar refractivity (Wildman–Crippen MR) is 20.0 cm³/mol. The molecular weight excluding hydrogens is 74.1 g/mol. The lowest BCUT2D eigenvalue weighted by Crippen LogP contribution is -1.70. The maximum atomic E-state index is 9.56. The minimum absolute atomic E-state index is 0.611. The summed E-state index contributed by atoms with van der Waals surface area (Å²) in [5.41, 5.74) is 0. The summed E-state index contributed by atoms with van der Waals surface area (Å²) in [5, 5.41) is 0. The van der Waals surface area contributed by atoms with Gasteiger partial charge in [0.1, 0.15) is 0 Å². The fourth-order valence-electron chi connectivity index (χ4n) is 0. The van der Waals surface area contributed by atoms with Crippen molar-refractivity contribution in [1.29, 1.82) is 0 Å². The molecule has 1 nitrogen and oxygen atoms in total. The Labute approximate surface area is 28.5 Å². The molecule has 0 unspecified atom stereocenters. The minimum atomic E-state index is -0.611. The molecule has 0 aliphatic carbocycles. The van der Waals surface area contributed by atoms with E-state index in [2.05, 4.69) is 0 Å². The van der Waals surface area contributed by atoms with Gasteiger partial charge in [0.05, 0.1) is 0 Å². The normalized spacial score (nSPS) is 8.75. The first-order valence-corrected chi connectivity index (χ1v) is 2.95. The third-order valence-corrected chi connectivity index (χ3v) is 0. The molecule has 4 heavy (non-hydrogen) atoms. The van der Waals surface area contributed by atoms with Crippen LogP contribution in [0.4, 0.5) is 0 Å². The molecule has 0 heterocycles. The van der Waals surface area contributed by atoms with Crippen molar-refractivity contribution in [2.24, 2.45) is 0 Å². The van der Waals surface area contributed by atoms with Gasteiger partial charge in [-0.05, 0) is 0 Å². The number of hydrogen-bond donors (Lipinski definition) is 0. The highest BCUT2D eigenvalue weighted by Crippen LogP contribution is 1.47. The summed E-state index contributed by atoms with van der Waals surface area (Å²) in [6.07, 6.45) is 3.28. The van der Waals surface area contributed by atoms with E-state index < -0.39 is 10.8 Å². The van der Waals surface area contributed by atoms with Gasteiger partial charge >= 0.3 is 0 Å². The smallest absolute Gasteiger partial charge is 0.0148 e. The second kappa shape index (κ2) is 1.47. The summed E-state index contributed by atoms with van der Waals surface area (Å²) in [6.45, 7) is 0. The summed E-state index contributed by atoms with van der Waals surface area (Å²) in [5.74, 6) is 0. The maximum Gasteiger partial charge on any atom is 0.0148 e. The Morgan fingerprint density at radius 2 is 1.50 bits per heavy atom. The van der Waals surface area contributed by atoms with Crippen molar-refractivity contribution in [3.05, 3.63) is 0 Å². The molecule has 0 amide bonds. The standard InChI is InChI=1S/C2H6OS/c1-4(2)3/h1-2H3/i1+1,2+1. The molecule has 0 aliphatic rings. The van der Waals surface area contributed by atoms with Crippen LogP contribution in [0.2, 0.25) is 0 Å². The van der Waals surface area contributed by atoms with Crippen molar-refractivity contribution in [2.45, 2.75) is 0 Å². The van der Waals surface area contributed by atoms with E-state index in [0.29, 0.717) is 0 Å². The van der Waals surface area contributed by atoms with Crippen LogP contribution in [0.1, 0.15) is 0 Å². The van der Waals surface area contributed by atoms with Gasteiger partial charge < -0.3 is 0 Å². The SMILES string of the molecule is [13CH3]S([13CH3])=O. The highest BCUT2D eigenvalue weighted by molar-refractivity contribution is 7.83. The van der Waals surface area contributed by atoms with Crippen LogP contribution in [0.3, 0.4) is 0 Å². The highest BCUT2D eigenvalue weighted by atomic mass is 32.2. The summed E-state index contributed by atoms with van der Waals surface area (Å²) in [4.78, 5) is 0. The fourth-order valence-corrected chi connectivity index (χ4v) is 0. The van der Waals surface area contributed by atoms with Crippen molar-refractivity contribution in [3.63, 3.8) is 0 Å². The predicted octanol–water partition coefficient (Wildman–Crippen LogP) is -0.00530. The fraction of sp³-hybridized carbons (Fsp3) is 1.00. The second-order valence-electron chi connectivity index (χ2n) is 0.742. The van der Waals surface area contributed by atoms with Crippen molar-refractivity contribution in [3.8, 4) is 0 Å². The maximum absolute atomic E-state index is 9.56. The molecule has 0 radical (unpaired) electrons. The molecule has 26 valence electrons. The highest BCUT2D eigenvalue weighted by Gasteiger charge is 1.57. The van der Waals surface area contributed by atoms with Crippen molar-refractivity contribution < 1.29 is 4.21 Å². The molecule has 0 aromatic carbocycles. The first-order valence-electron chi connectivity index (χ1n) is 0.983. The van der Waals surface area contributed by atoms with Crippen molar-refractivity contribution in [1.82, 2.24) is 0 Å². The van der Waals surface area contributed by atoms with E-state index in [0.717, 1.165) is 0 Å². The molecule has 0 atom stereocenters. The van der Waals surface area contributed by atoms with E-state index in [1.165, 1.54) is 0 Å². The Morgan fingerprint density at radius 1 is 1.50 bits per heavy atom. The van der Waals surface area contributed by atoms with Crippen LogP contribution in [-0.4, -0.2) is 16.7 Å². The van der Waals surface area contributed by atoms with Crippen LogP contribution < -0.4 is 0 Å². The molecule has 2 heteroatoms. The van der Waals surface area contributed by atoms with Crippen LogP contribution in [0, 0.1) is 0 Å². The summed E-state index contributed by atoms with van der Waals surface area (Å²) in [6, 6.07) is 0. The van der Waals surface area contributed by atoms with Gasteiger partial charge in [0.2, 0.25) is 0 Å². The van der Waals surface area contributed by atoms with Gasteiger partial charge in [0.25, 0.3) is 0 Å². The summed E-state index contributed by atoms with van der Waals surface area (Å²) < 4.78 is 9.56. The Kier molecular flexibility index (Phi) is 1.52. The number of hydrogen-bond acceptors (Lipinski definition) is 1. The van der Waals surface area contributed by atoms with Gasteiger partial charge in [-0.15, -0.1) is 0 Å². The lowest BCUT2D eigenvalue weighted by atomic mass is 12.9. The van der Waals surface area contributed by atoms with E-state index >= 15 is 0 Å². The Bertz CT molecular complexity index is 29.0. The molecule has 0 aliphatic heterocycles. The monoisotopic (exact) mass is 80.0 g/mol. The summed E-state index contributed by atoms with van der Waals surface area (Å²) in [7, 11) is -0.611. The first-order chi connectivity index (χ1) is 1.73. The van der Waals surface area contributed by atoms with E-state index in [-0.39, 0.29) is 0 Å². The molecule has 0 saturated carbocycles. The zero-order valence-corrected chi connectivity index (χ0v) is 3.63. The van der Waals surface area contributed by atoms with Crippen LogP contribution in [0.25, 0.3) is 0 Å². The zero-order valence-electron chi connectivity index (χ0n) is 2.82. The van der Waals surface area contributed by atoms with E-state index in [1.807, 2.05) is 0 Å². The average molecular weight is 80.1 g/mol.